The number of methoxy groups -OCH3 is 1. The summed E-state index contributed by atoms with van der Waals surface area (Å²) in [5.74, 6) is -4.30. The van der Waals surface area contributed by atoms with Gasteiger partial charge in [0.05, 0.1) is 37.4 Å². The molecule has 0 spiro atoms. The zero-order chi connectivity index (χ0) is 35.6. The second kappa shape index (κ2) is 13.9. The van der Waals surface area contributed by atoms with Gasteiger partial charge < -0.3 is 15.2 Å². The van der Waals surface area contributed by atoms with E-state index >= 15 is 4.39 Å². The average molecular weight is 635 g/mol. The summed E-state index contributed by atoms with van der Waals surface area (Å²) in [7, 11) is 1.17. The molecule has 0 saturated carbocycles. The lowest BCUT2D eigenvalue weighted by atomic mass is 10.0. The van der Waals surface area contributed by atoms with Crippen molar-refractivity contribution < 1.29 is 40.7 Å². The molecule has 0 aliphatic heterocycles. The van der Waals surface area contributed by atoms with E-state index in [1.165, 1.54) is 32.2 Å². The van der Waals surface area contributed by atoms with Crippen LogP contribution in [-0.4, -0.2) is 33.9 Å². The maximum Gasteiger partial charge on any atom is 0.416 e. The van der Waals surface area contributed by atoms with E-state index in [9.17, 15) is 37.1 Å². The molecule has 1 heterocycles. The molecular formula is C32H30F5N3O5. The zero-order valence-electron chi connectivity index (χ0n) is 27.0. The van der Waals surface area contributed by atoms with Crippen LogP contribution in [0.5, 0.6) is 5.75 Å². The van der Waals surface area contributed by atoms with Crippen LogP contribution < -0.4 is 21.3 Å². The minimum Gasteiger partial charge on any atom is -0.494 e. The van der Waals surface area contributed by atoms with E-state index in [4.69, 9.17) is 8.85 Å². The van der Waals surface area contributed by atoms with Gasteiger partial charge in [0.2, 0.25) is 0 Å². The van der Waals surface area contributed by atoms with Crippen LogP contribution in [0.1, 0.15) is 45.3 Å². The number of ether oxygens (including phenoxy) is 1. The normalized spacial score (nSPS) is 14.2. The maximum absolute atomic E-state index is 15.6. The number of benzene rings is 3. The van der Waals surface area contributed by atoms with Crippen LogP contribution in [0.2, 0.25) is 0 Å². The second-order valence-electron chi connectivity index (χ2n) is 9.86. The van der Waals surface area contributed by atoms with Crippen molar-refractivity contribution in [2.75, 3.05) is 13.7 Å². The first kappa shape index (κ1) is 29.0. The molecule has 1 aromatic heterocycles. The summed E-state index contributed by atoms with van der Waals surface area (Å²) in [6, 6.07) is 12.9. The Kier molecular flexibility index (Phi) is 8.94. The van der Waals surface area contributed by atoms with Gasteiger partial charge >= 0.3 is 17.8 Å². The van der Waals surface area contributed by atoms with Crippen LogP contribution >= 0.6 is 0 Å². The fourth-order valence-corrected chi connectivity index (χ4v) is 4.94. The molecule has 2 N–H and O–H groups in total. The van der Waals surface area contributed by atoms with Gasteiger partial charge in [0.15, 0.2) is 11.6 Å². The Morgan fingerprint density at radius 1 is 1.02 bits per heavy atom. The highest BCUT2D eigenvalue weighted by molar-refractivity contribution is 5.68. The molecule has 238 valence electrons. The Bertz CT molecular complexity index is 1930. The number of halogens is 5. The molecule has 45 heavy (non-hydrogen) atoms. The lowest BCUT2D eigenvalue weighted by molar-refractivity contribution is -0.138. The first-order valence-electron chi connectivity index (χ1n) is 15.0. The number of aromatic nitrogens is 2. The van der Waals surface area contributed by atoms with Crippen molar-refractivity contribution in [2.45, 2.75) is 45.0 Å². The molecule has 13 heteroatoms. The summed E-state index contributed by atoms with van der Waals surface area (Å²) in [5.41, 5.74) is -5.21. The molecule has 0 aliphatic rings. The molecular weight excluding hydrogens is 601 g/mol. The van der Waals surface area contributed by atoms with E-state index in [2.05, 4.69) is 5.32 Å². The van der Waals surface area contributed by atoms with Gasteiger partial charge in [0.1, 0.15) is 5.82 Å². The van der Waals surface area contributed by atoms with Crippen LogP contribution in [0.3, 0.4) is 0 Å². The predicted molar refractivity (Wildman–Crippen MR) is 156 cm³/mol. The van der Waals surface area contributed by atoms with E-state index in [-0.39, 0.29) is 17.0 Å². The molecule has 0 saturated heterocycles. The van der Waals surface area contributed by atoms with Crippen LogP contribution in [0, 0.1) is 18.6 Å². The van der Waals surface area contributed by atoms with Gasteiger partial charge in [-0.25, -0.2) is 13.6 Å². The van der Waals surface area contributed by atoms with Crippen molar-refractivity contribution in [1.82, 2.24) is 14.5 Å². The van der Waals surface area contributed by atoms with Crippen molar-refractivity contribution in [3.63, 3.8) is 0 Å². The minimum atomic E-state index is -5.02. The van der Waals surface area contributed by atoms with Gasteiger partial charge in [-0.15, -0.1) is 0 Å². The molecule has 2 atom stereocenters. The molecule has 0 aliphatic carbocycles. The Labute approximate surface area is 258 Å². The SMILES string of the molecule is [2H]C(C(=O)O)C([2H])([2H])CN[C@@H](Cn1c(=O)c(-c2cccc(OC)c2F)c(C)n(Cc2c(F)cccc2C(F)(F)F)c1=O)c1ccccc1. The molecule has 0 bridgehead atoms. The van der Waals surface area contributed by atoms with Gasteiger partial charge in [-0.3, -0.25) is 18.7 Å². The van der Waals surface area contributed by atoms with Crippen molar-refractivity contribution in [3.05, 3.63) is 122 Å². The molecule has 4 aromatic rings. The van der Waals surface area contributed by atoms with Crippen LogP contribution in [0.15, 0.2) is 76.3 Å². The number of rotatable bonds is 12. The van der Waals surface area contributed by atoms with Gasteiger partial charge in [0.25, 0.3) is 5.56 Å². The van der Waals surface area contributed by atoms with Crippen molar-refractivity contribution >= 4 is 5.97 Å². The molecule has 0 amide bonds. The highest BCUT2D eigenvalue weighted by atomic mass is 19.4. The summed E-state index contributed by atoms with van der Waals surface area (Å²) < 4.78 is 103. The highest BCUT2D eigenvalue weighted by Gasteiger charge is 2.35. The zero-order valence-corrected chi connectivity index (χ0v) is 24.0. The highest BCUT2D eigenvalue weighted by Crippen LogP contribution is 2.34. The third kappa shape index (κ3) is 7.31. The van der Waals surface area contributed by atoms with Crippen molar-refractivity contribution in [2.24, 2.45) is 0 Å². The summed E-state index contributed by atoms with van der Waals surface area (Å²) in [4.78, 5) is 39.5. The van der Waals surface area contributed by atoms with E-state index in [0.29, 0.717) is 16.2 Å². The Hall–Kier alpha value is -4.78. The van der Waals surface area contributed by atoms with Crippen LogP contribution in [0.4, 0.5) is 22.0 Å². The lowest BCUT2D eigenvalue weighted by Crippen LogP contribution is -2.45. The third-order valence-electron chi connectivity index (χ3n) is 7.12. The molecule has 0 radical (unpaired) electrons. The Balaban J connectivity index is 1.97. The second-order valence-corrected chi connectivity index (χ2v) is 9.86. The third-order valence-corrected chi connectivity index (χ3v) is 7.12. The van der Waals surface area contributed by atoms with Gasteiger partial charge in [0, 0.05) is 27.3 Å². The van der Waals surface area contributed by atoms with Crippen LogP contribution in [-0.2, 0) is 24.1 Å². The standard InChI is InChI=1S/C32H30F5N3O5/c1-19-28(21-11-6-14-26(45-2)29(21)34)30(43)40(18-25(20-9-4-3-5-10-20)38-16-8-15-27(41)42)31(44)39(19)17-22-23(32(35,36)37)12-7-13-24(22)33/h3-7,9-14,25,38H,8,15-18H2,1-2H3,(H,41,42)/t25-/m0/s1/i8D2,15D/t15?,25-. The largest absolute Gasteiger partial charge is 0.494 e. The number of hydrogen-bond donors (Lipinski definition) is 2. The summed E-state index contributed by atoms with van der Waals surface area (Å²) in [6.07, 6.45) is -9.85. The first-order chi connectivity index (χ1) is 22.5. The van der Waals surface area contributed by atoms with Crippen LogP contribution in [0.25, 0.3) is 11.1 Å². The fraction of sp³-hybridized carbons (Fsp3) is 0.281. The van der Waals surface area contributed by atoms with Gasteiger partial charge in [-0.05, 0) is 43.6 Å². The number of nitrogens with zero attached hydrogens (tertiary/aromatic N) is 2. The number of hydrogen-bond acceptors (Lipinski definition) is 5. The van der Waals surface area contributed by atoms with E-state index in [1.54, 1.807) is 30.3 Å². The minimum absolute atomic E-state index is 0.274. The van der Waals surface area contributed by atoms with Crippen molar-refractivity contribution in [1.29, 1.82) is 0 Å². The van der Waals surface area contributed by atoms with E-state index in [0.717, 1.165) is 16.7 Å². The van der Waals surface area contributed by atoms with Gasteiger partial charge in [-0.2, -0.15) is 13.2 Å². The quantitative estimate of drug-likeness (QED) is 0.199. The topological polar surface area (TPSA) is 103 Å². The van der Waals surface area contributed by atoms with Gasteiger partial charge in [-0.1, -0.05) is 48.5 Å². The number of carboxylic acids is 1. The lowest BCUT2D eigenvalue weighted by Gasteiger charge is -2.23. The molecule has 1 unspecified atom stereocenters. The number of carboxylic acid groups (broad SMARTS) is 1. The summed E-state index contributed by atoms with van der Waals surface area (Å²) in [5, 5.41) is 11.9. The maximum atomic E-state index is 15.6. The monoisotopic (exact) mass is 634 g/mol. The molecule has 4 rings (SSSR count). The van der Waals surface area contributed by atoms with E-state index in [1.807, 2.05) is 0 Å². The smallest absolute Gasteiger partial charge is 0.416 e. The fourth-order valence-electron chi connectivity index (χ4n) is 4.94. The average Bonchev–Trinajstić information content (AvgIpc) is 3.03. The molecule has 8 nitrogen and oxygen atoms in total. The van der Waals surface area contributed by atoms with E-state index < -0.39 is 90.2 Å². The number of aliphatic carboxylic acids is 1. The predicted octanol–water partition coefficient (Wildman–Crippen LogP) is 5.54. The molecule has 3 aromatic carbocycles. The number of nitrogens with one attached hydrogen (secondary N) is 1. The molecule has 0 fully saturated rings. The number of alkyl halides is 3. The number of carbonyl (C=O) groups is 1. The summed E-state index contributed by atoms with van der Waals surface area (Å²) >= 11 is 0. The van der Waals surface area contributed by atoms with Crippen molar-refractivity contribution in [3.8, 4) is 16.9 Å². The first-order valence-corrected chi connectivity index (χ1v) is 13.4. The summed E-state index contributed by atoms with van der Waals surface area (Å²) in [6.45, 7) is -1.15. The Morgan fingerprint density at radius 3 is 2.36 bits per heavy atom. The Morgan fingerprint density at radius 2 is 1.71 bits per heavy atom.